The van der Waals surface area contributed by atoms with Gasteiger partial charge in [0.1, 0.15) is 0 Å². The molecule has 0 radical (unpaired) electrons. The Bertz CT molecular complexity index is 839. The van der Waals surface area contributed by atoms with E-state index in [9.17, 15) is 13.2 Å². The Morgan fingerprint density at radius 3 is 2.86 bits per heavy atom. The molecular formula is C13H19N5O3S. The molecule has 1 aliphatic heterocycles. The zero-order chi connectivity index (χ0) is 15.9. The molecular weight excluding hydrogens is 306 g/mol. The van der Waals surface area contributed by atoms with Crippen LogP contribution in [-0.4, -0.2) is 52.0 Å². The third-order valence-electron chi connectivity index (χ3n) is 3.98. The second-order valence-corrected chi connectivity index (χ2v) is 7.69. The van der Waals surface area contributed by atoms with E-state index in [4.69, 9.17) is 0 Å². The lowest BCUT2D eigenvalue weighted by atomic mass is 10.0. The van der Waals surface area contributed by atoms with Crippen LogP contribution in [0.25, 0.3) is 5.78 Å². The van der Waals surface area contributed by atoms with Crippen LogP contribution >= 0.6 is 0 Å². The van der Waals surface area contributed by atoms with Crippen LogP contribution < -0.4 is 5.56 Å². The number of hydrogen-bond acceptors (Lipinski definition) is 4. The third kappa shape index (κ3) is 2.44. The van der Waals surface area contributed by atoms with E-state index >= 15 is 0 Å². The molecule has 1 aliphatic rings. The summed E-state index contributed by atoms with van der Waals surface area (Å²) in [5.41, 5.74) is 0.378. The third-order valence-corrected chi connectivity index (χ3v) is 5.94. The number of piperidine rings is 1. The Morgan fingerprint density at radius 2 is 2.14 bits per heavy atom. The molecule has 2 aromatic heterocycles. The maximum Gasteiger partial charge on any atom is 0.282 e. The molecule has 0 spiro atoms. The molecule has 0 unspecified atom stereocenters. The van der Waals surface area contributed by atoms with Crippen molar-refractivity contribution in [2.75, 3.05) is 20.6 Å². The van der Waals surface area contributed by atoms with E-state index in [1.54, 1.807) is 6.20 Å². The molecule has 1 saturated heterocycles. The normalized spacial score (nSPS) is 20.8. The van der Waals surface area contributed by atoms with E-state index in [0.29, 0.717) is 24.4 Å². The molecule has 120 valence electrons. The lowest BCUT2D eigenvalue weighted by Gasteiger charge is -2.36. The van der Waals surface area contributed by atoms with E-state index in [1.165, 1.54) is 39.4 Å². The maximum absolute atomic E-state index is 12.5. The van der Waals surface area contributed by atoms with Crippen molar-refractivity contribution in [3.63, 3.8) is 0 Å². The van der Waals surface area contributed by atoms with Gasteiger partial charge < -0.3 is 4.98 Å². The first kappa shape index (κ1) is 15.2. The summed E-state index contributed by atoms with van der Waals surface area (Å²) in [6, 6.07) is 1.10. The van der Waals surface area contributed by atoms with Crippen molar-refractivity contribution in [2.45, 2.75) is 25.3 Å². The minimum atomic E-state index is -3.53. The highest BCUT2D eigenvalue weighted by atomic mass is 32.2. The highest BCUT2D eigenvalue weighted by Gasteiger charge is 2.35. The number of aromatic amines is 1. The van der Waals surface area contributed by atoms with E-state index in [0.717, 1.165) is 12.8 Å². The van der Waals surface area contributed by atoms with Crippen molar-refractivity contribution in [3.05, 3.63) is 34.5 Å². The van der Waals surface area contributed by atoms with Gasteiger partial charge in [-0.05, 0) is 12.8 Å². The average Bonchev–Trinajstić information content (AvgIpc) is 2.96. The van der Waals surface area contributed by atoms with Crippen LogP contribution in [0.1, 0.15) is 31.0 Å². The molecule has 22 heavy (non-hydrogen) atoms. The summed E-state index contributed by atoms with van der Waals surface area (Å²) < 4.78 is 29.1. The Labute approximate surface area is 128 Å². The zero-order valence-electron chi connectivity index (χ0n) is 12.6. The quantitative estimate of drug-likeness (QED) is 0.882. The standard InChI is InChI=1S/C13H19N5O3S/c1-16(2)22(20,21)18-7-4-3-5-11(18)10-9-12(19)17-8-6-14-13(17)15-10/h6,8-9,11H,3-5,7H2,1-2H3,(H,14,15)/t11-/m1/s1. The van der Waals surface area contributed by atoms with E-state index in [1.807, 2.05) is 0 Å². The van der Waals surface area contributed by atoms with E-state index in [2.05, 4.69) is 9.97 Å². The molecule has 1 fully saturated rings. The average molecular weight is 325 g/mol. The lowest BCUT2D eigenvalue weighted by molar-refractivity contribution is 0.238. The molecule has 3 rings (SSSR count). The summed E-state index contributed by atoms with van der Waals surface area (Å²) >= 11 is 0. The van der Waals surface area contributed by atoms with Gasteiger partial charge in [0.15, 0.2) is 0 Å². The smallest absolute Gasteiger partial charge is 0.282 e. The second-order valence-electron chi connectivity index (χ2n) is 5.60. The highest BCUT2D eigenvalue weighted by molar-refractivity contribution is 7.86. The Balaban J connectivity index is 2.08. The first-order valence-electron chi connectivity index (χ1n) is 7.17. The highest BCUT2D eigenvalue weighted by Crippen LogP contribution is 2.32. The number of imidazole rings is 1. The fourth-order valence-electron chi connectivity index (χ4n) is 2.82. The topological polar surface area (TPSA) is 90.8 Å². The summed E-state index contributed by atoms with van der Waals surface area (Å²) in [5, 5.41) is 0. The molecule has 8 nitrogen and oxygen atoms in total. The van der Waals surface area contributed by atoms with Crippen LogP contribution in [0.3, 0.4) is 0 Å². The van der Waals surface area contributed by atoms with Gasteiger partial charge >= 0.3 is 0 Å². The van der Waals surface area contributed by atoms with Gasteiger partial charge in [-0.15, -0.1) is 0 Å². The minimum Gasteiger partial charge on any atom is -0.327 e. The van der Waals surface area contributed by atoms with Crippen LogP contribution in [0.4, 0.5) is 0 Å². The summed E-state index contributed by atoms with van der Waals surface area (Å²) in [6.45, 7) is 0.451. The van der Waals surface area contributed by atoms with Crippen LogP contribution in [0.2, 0.25) is 0 Å². The SMILES string of the molecule is CN(C)S(=O)(=O)N1CCCC[C@@H]1c1cc(=O)n2ccnc2[nH]1. The zero-order valence-corrected chi connectivity index (χ0v) is 13.4. The van der Waals surface area contributed by atoms with Crippen molar-refractivity contribution >= 4 is 16.0 Å². The first-order chi connectivity index (χ1) is 10.4. The molecule has 1 N–H and O–H groups in total. The largest absolute Gasteiger partial charge is 0.327 e. The van der Waals surface area contributed by atoms with Crippen LogP contribution in [0.15, 0.2) is 23.3 Å². The monoisotopic (exact) mass is 325 g/mol. The number of aromatic nitrogens is 3. The number of nitrogens with one attached hydrogen (secondary N) is 1. The van der Waals surface area contributed by atoms with Gasteiger partial charge in [0.05, 0.1) is 6.04 Å². The van der Waals surface area contributed by atoms with Crippen LogP contribution in [-0.2, 0) is 10.2 Å². The maximum atomic E-state index is 12.5. The van der Waals surface area contributed by atoms with Gasteiger partial charge in [-0.1, -0.05) is 6.42 Å². The summed E-state index contributed by atoms with van der Waals surface area (Å²) in [7, 11) is -0.502. The van der Waals surface area contributed by atoms with Crippen LogP contribution in [0, 0.1) is 0 Å². The van der Waals surface area contributed by atoms with Gasteiger partial charge in [0.2, 0.25) is 5.78 Å². The fourth-order valence-corrected chi connectivity index (χ4v) is 4.14. The summed E-state index contributed by atoms with van der Waals surface area (Å²) in [6.07, 6.45) is 5.53. The summed E-state index contributed by atoms with van der Waals surface area (Å²) in [4.78, 5) is 19.3. The molecule has 3 heterocycles. The van der Waals surface area contributed by atoms with E-state index in [-0.39, 0.29) is 11.6 Å². The predicted octanol–water partition coefficient (Wildman–Crippen LogP) is 0.356. The van der Waals surface area contributed by atoms with Crippen molar-refractivity contribution in [2.24, 2.45) is 0 Å². The summed E-state index contributed by atoms with van der Waals surface area (Å²) in [5.74, 6) is 0.426. The first-order valence-corrected chi connectivity index (χ1v) is 8.56. The minimum absolute atomic E-state index is 0.214. The Morgan fingerprint density at radius 1 is 1.36 bits per heavy atom. The van der Waals surface area contributed by atoms with Crippen molar-refractivity contribution in [3.8, 4) is 0 Å². The predicted molar refractivity (Wildman–Crippen MR) is 81.7 cm³/mol. The Hall–Kier alpha value is -1.71. The van der Waals surface area contributed by atoms with Gasteiger partial charge in [0, 0.05) is 44.8 Å². The van der Waals surface area contributed by atoms with Gasteiger partial charge in [-0.3, -0.25) is 9.20 Å². The molecule has 0 amide bonds. The number of H-pyrrole nitrogens is 1. The van der Waals surface area contributed by atoms with Crippen molar-refractivity contribution in [1.82, 2.24) is 23.0 Å². The number of nitrogens with zero attached hydrogens (tertiary/aromatic N) is 4. The number of hydrogen-bond donors (Lipinski definition) is 1. The Kier molecular flexibility index (Phi) is 3.79. The number of rotatable bonds is 3. The van der Waals surface area contributed by atoms with Crippen molar-refractivity contribution in [1.29, 1.82) is 0 Å². The lowest BCUT2D eigenvalue weighted by Crippen LogP contribution is -2.45. The molecule has 0 saturated carbocycles. The molecule has 2 aromatic rings. The van der Waals surface area contributed by atoms with Gasteiger partial charge in [-0.2, -0.15) is 17.0 Å². The van der Waals surface area contributed by atoms with Gasteiger partial charge in [0.25, 0.3) is 15.8 Å². The molecule has 0 aliphatic carbocycles. The molecule has 0 bridgehead atoms. The van der Waals surface area contributed by atoms with Gasteiger partial charge in [-0.25, -0.2) is 4.98 Å². The van der Waals surface area contributed by atoms with Crippen LogP contribution in [0.5, 0.6) is 0 Å². The second kappa shape index (κ2) is 5.49. The fraction of sp³-hybridized carbons (Fsp3) is 0.538. The number of fused-ring (bicyclic) bond motifs is 1. The molecule has 1 atom stereocenters. The molecule has 9 heteroatoms. The van der Waals surface area contributed by atoms with E-state index < -0.39 is 10.2 Å². The van der Waals surface area contributed by atoms with Crippen molar-refractivity contribution < 1.29 is 8.42 Å². The molecule has 0 aromatic carbocycles.